The Morgan fingerprint density at radius 1 is 1.41 bits per heavy atom. The predicted molar refractivity (Wildman–Crippen MR) is 67.5 cm³/mol. The molecule has 1 fully saturated rings. The van der Waals surface area contributed by atoms with Crippen molar-refractivity contribution in [3.05, 3.63) is 34.3 Å². The summed E-state index contributed by atoms with van der Waals surface area (Å²) < 4.78 is 0. The Labute approximate surface area is 106 Å². The molecule has 2 N–H and O–H groups in total. The van der Waals surface area contributed by atoms with Gasteiger partial charge in [-0.15, -0.1) is 0 Å². The highest BCUT2D eigenvalue weighted by Gasteiger charge is 2.14. The van der Waals surface area contributed by atoms with E-state index in [9.17, 15) is 4.79 Å². The van der Waals surface area contributed by atoms with Gasteiger partial charge in [0.2, 0.25) is 0 Å². The number of rotatable bonds is 4. The third-order valence-corrected chi connectivity index (χ3v) is 3.54. The number of carbonyl (C=O) groups is 1. The van der Waals surface area contributed by atoms with Crippen LogP contribution < -0.4 is 5.32 Å². The molecule has 1 aliphatic rings. The number of nitrogens with one attached hydrogen (secondary N) is 1. The van der Waals surface area contributed by atoms with Gasteiger partial charge in [-0.2, -0.15) is 0 Å². The highest BCUT2D eigenvalue weighted by atomic mass is 35.5. The SMILES string of the molecule is O=C(O)c1cc(CNC2CCCC2)ccc1Cl. The van der Waals surface area contributed by atoms with Crippen molar-refractivity contribution in [3.63, 3.8) is 0 Å². The van der Waals surface area contributed by atoms with Crippen molar-refractivity contribution in [2.24, 2.45) is 0 Å². The summed E-state index contributed by atoms with van der Waals surface area (Å²) in [5.41, 5.74) is 1.15. The van der Waals surface area contributed by atoms with E-state index >= 15 is 0 Å². The van der Waals surface area contributed by atoms with Crippen LogP contribution in [-0.2, 0) is 6.54 Å². The average Bonchev–Trinajstić information content (AvgIpc) is 2.80. The molecule has 0 atom stereocenters. The average molecular weight is 254 g/mol. The van der Waals surface area contributed by atoms with Crippen LogP contribution in [0.25, 0.3) is 0 Å². The van der Waals surface area contributed by atoms with Crippen LogP contribution in [0.4, 0.5) is 0 Å². The predicted octanol–water partition coefficient (Wildman–Crippen LogP) is 3.07. The summed E-state index contributed by atoms with van der Waals surface area (Å²) in [6.45, 7) is 0.710. The number of carboxylic acids is 1. The molecule has 0 amide bonds. The molecule has 0 heterocycles. The van der Waals surface area contributed by atoms with Crippen LogP contribution in [0.3, 0.4) is 0 Å². The zero-order chi connectivity index (χ0) is 12.3. The monoisotopic (exact) mass is 253 g/mol. The van der Waals surface area contributed by atoms with Gasteiger partial charge in [-0.25, -0.2) is 4.79 Å². The molecule has 1 aromatic carbocycles. The summed E-state index contributed by atoms with van der Waals surface area (Å²) in [6.07, 6.45) is 5.02. The Kier molecular flexibility index (Phi) is 4.02. The third kappa shape index (κ3) is 3.20. The van der Waals surface area contributed by atoms with E-state index < -0.39 is 5.97 Å². The largest absolute Gasteiger partial charge is 0.478 e. The van der Waals surface area contributed by atoms with Crippen LogP contribution in [-0.4, -0.2) is 17.1 Å². The summed E-state index contributed by atoms with van der Waals surface area (Å²) in [5, 5.41) is 12.7. The minimum Gasteiger partial charge on any atom is -0.478 e. The number of halogens is 1. The second-order valence-electron chi connectivity index (χ2n) is 4.48. The molecule has 0 saturated heterocycles. The van der Waals surface area contributed by atoms with Gasteiger partial charge in [0.1, 0.15) is 0 Å². The van der Waals surface area contributed by atoms with Crippen LogP contribution in [0.15, 0.2) is 18.2 Å². The van der Waals surface area contributed by atoms with E-state index in [0.29, 0.717) is 17.6 Å². The van der Waals surface area contributed by atoms with Crippen LogP contribution in [0.1, 0.15) is 41.6 Å². The molecule has 0 aliphatic heterocycles. The van der Waals surface area contributed by atoms with E-state index in [1.54, 1.807) is 12.1 Å². The zero-order valence-electron chi connectivity index (χ0n) is 9.58. The maximum atomic E-state index is 10.9. The van der Waals surface area contributed by atoms with E-state index in [0.717, 1.165) is 5.56 Å². The lowest BCUT2D eigenvalue weighted by molar-refractivity contribution is 0.0697. The highest BCUT2D eigenvalue weighted by molar-refractivity contribution is 6.33. The molecule has 0 bridgehead atoms. The van der Waals surface area contributed by atoms with Crippen LogP contribution in [0, 0.1) is 0 Å². The van der Waals surface area contributed by atoms with E-state index in [2.05, 4.69) is 5.32 Å². The molecule has 1 aliphatic carbocycles. The van der Waals surface area contributed by atoms with Crippen molar-refractivity contribution in [2.45, 2.75) is 38.3 Å². The zero-order valence-corrected chi connectivity index (χ0v) is 10.3. The van der Waals surface area contributed by atoms with Crippen molar-refractivity contribution in [1.29, 1.82) is 0 Å². The number of hydrogen-bond donors (Lipinski definition) is 2. The van der Waals surface area contributed by atoms with Crippen molar-refractivity contribution in [1.82, 2.24) is 5.32 Å². The minimum atomic E-state index is -0.974. The summed E-state index contributed by atoms with van der Waals surface area (Å²) in [7, 11) is 0. The van der Waals surface area contributed by atoms with Crippen molar-refractivity contribution in [3.8, 4) is 0 Å². The molecule has 1 aromatic rings. The molecule has 0 spiro atoms. The second-order valence-corrected chi connectivity index (χ2v) is 4.89. The Balaban J connectivity index is 2.00. The Hall–Kier alpha value is -1.06. The third-order valence-electron chi connectivity index (χ3n) is 3.21. The van der Waals surface area contributed by atoms with Crippen LogP contribution in [0.2, 0.25) is 5.02 Å². The van der Waals surface area contributed by atoms with Crippen LogP contribution >= 0.6 is 11.6 Å². The molecular formula is C13H16ClNO2. The number of aromatic carboxylic acids is 1. The molecule has 0 radical (unpaired) electrons. The molecule has 1 saturated carbocycles. The minimum absolute atomic E-state index is 0.178. The number of benzene rings is 1. The van der Waals surface area contributed by atoms with Crippen molar-refractivity contribution >= 4 is 17.6 Å². The molecule has 0 aromatic heterocycles. The van der Waals surface area contributed by atoms with Crippen LogP contribution in [0.5, 0.6) is 0 Å². The molecule has 92 valence electrons. The second kappa shape index (κ2) is 5.52. The molecular weight excluding hydrogens is 238 g/mol. The number of carboxylic acid groups (broad SMARTS) is 1. The summed E-state index contributed by atoms with van der Waals surface area (Å²) in [4.78, 5) is 10.9. The van der Waals surface area contributed by atoms with E-state index in [-0.39, 0.29) is 5.56 Å². The summed E-state index contributed by atoms with van der Waals surface area (Å²) in [5.74, 6) is -0.974. The Morgan fingerprint density at radius 2 is 2.12 bits per heavy atom. The fraction of sp³-hybridized carbons (Fsp3) is 0.462. The maximum absolute atomic E-state index is 10.9. The number of hydrogen-bond acceptors (Lipinski definition) is 2. The van der Waals surface area contributed by atoms with Gasteiger partial charge >= 0.3 is 5.97 Å². The van der Waals surface area contributed by atoms with Gasteiger partial charge in [0, 0.05) is 12.6 Å². The lowest BCUT2D eigenvalue weighted by Gasteiger charge is -2.12. The molecule has 4 heteroatoms. The lowest BCUT2D eigenvalue weighted by Crippen LogP contribution is -2.25. The first-order valence-electron chi connectivity index (χ1n) is 5.92. The maximum Gasteiger partial charge on any atom is 0.337 e. The van der Waals surface area contributed by atoms with E-state index in [1.165, 1.54) is 25.7 Å². The lowest BCUT2D eigenvalue weighted by atomic mass is 10.1. The van der Waals surface area contributed by atoms with Gasteiger partial charge in [0.05, 0.1) is 10.6 Å². The van der Waals surface area contributed by atoms with Gasteiger partial charge in [-0.05, 0) is 30.5 Å². The normalized spacial score (nSPS) is 16.3. The standard InChI is InChI=1S/C13H16ClNO2/c14-12-6-5-9(7-11(12)13(16)17)8-15-10-3-1-2-4-10/h5-7,10,15H,1-4,8H2,(H,16,17). The van der Waals surface area contributed by atoms with Gasteiger partial charge in [-0.1, -0.05) is 30.5 Å². The fourth-order valence-corrected chi connectivity index (χ4v) is 2.44. The molecule has 2 rings (SSSR count). The van der Waals surface area contributed by atoms with E-state index in [4.69, 9.17) is 16.7 Å². The Morgan fingerprint density at radius 3 is 2.76 bits per heavy atom. The van der Waals surface area contributed by atoms with Gasteiger partial charge in [0.15, 0.2) is 0 Å². The summed E-state index contributed by atoms with van der Waals surface area (Å²) in [6, 6.07) is 5.75. The molecule has 3 nitrogen and oxygen atoms in total. The first-order chi connectivity index (χ1) is 8.16. The molecule has 17 heavy (non-hydrogen) atoms. The van der Waals surface area contributed by atoms with Gasteiger partial charge in [-0.3, -0.25) is 0 Å². The first-order valence-corrected chi connectivity index (χ1v) is 6.29. The van der Waals surface area contributed by atoms with E-state index in [1.807, 2.05) is 6.07 Å². The highest BCUT2D eigenvalue weighted by Crippen LogP contribution is 2.20. The van der Waals surface area contributed by atoms with Crippen molar-refractivity contribution in [2.75, 3.05) is 0 Å². The smallest absolute Gasteiger partial charge is 0.337 e. The quantitative estimate of drug-likeness (QED) is 0.867. The topological polar surface area (TPSA) is 49.3 Å². The first kappa shape index (κ1) is 12.4. The van der Waals surface area contributed by atoms with Crippen molar-refractivity contribution < 1.29 is 9.90 Å². The van der Waals surface area contributed by atoms with Gasteiger partial charge < -0.3 is 10.4 Å². The van der Waals surface area contributed by atoms with Gasteiger partial charge in [0.25, 0.3) is 0 Å². The summed E-state index contributed by atoms with van der Waals surface area (Å²) >= 11 is 5.82. The fourth-order valence-electron chi connectivity index (χ4n) is 2.24. The molecule has 0 unspecified atom stereocenters. The Bertz CT molecular complexity index is 414.